The largest absolute Gasteiger partial charge is 0.503 e. The molecule has 0 aliphatic heterocycles. The minimum Gasteiger partial charge on any atom is -0.503 e. The number of benzene rings is 1. The van der Waals surface area contributed by atoms with Gasteiger partial charge in [0.2, 0.25) is 5.75 Å². The van der Waals surface area contributed by atoms with Crippen molar-refractivity contribution in [1.82, 2.24) is 4.98 Å². The van der Waals surface area contributed by atoms with Crippen molar-refractivity contribution >= 4 is 0 Å². The number of ether oxygens (including phenoxy) is 1. The van der Waals surface area contributed by atoms with Crippen LogP contribution in [0.25, 0.3) is 11.3 Å². The summed E-state index contributed by atoms with van der Waals surface area (Å²) in [6.07, 6.45) is 3.16. The smallest absolute Gasteiger partial charge is 0.205 e. The predicted octanol–water partition coefficient (Wildman–Crippen LogP) is 2.75. The zero-order valence-electron chi connectivity index (χ0n) is 10.1. The van der Waals surface area contributed by atoms with Gasteiger partial charge in [-0.15, -0.1) is 0 Å². The third-order valence-electron chi connectivity index (χ3n) is 2.43. The van der Waals surface area contributed by atoms with Crippen molar-refractivity contribution in [1.29, 1.82) is 0 Å². The highest BCUT2D eigenvalue weighted by Gasteiger charge is 2.16. The van der Waals surface area contributed by atoms with Gasteiger partial charge in [0.25, 0.3) is 0 Å². The third kappa shape index (κ3) is 2.37. The number of nitrogens with zero attached hydrogens (tertiary/aromatic N) is 1. The summed E-state index contributed by atoms with van der Waals surface area (Å²) >= 11 is 0. The molecule has 4 heteroatoms. The van der Waals surface area contributed by atoms with E-state index in [1.165, 1.54) is 0 Å². The fraction of sp³-hybridized carbons (Fsp3) is 0.214. The highest BCUT2D eigenvalue weighted by Crippen LogP contribution is 2.40. The van der Waals surface area contributed by atoms with Gasteiger partial charge in [0.15, 0.2) is 11.5 Å². The zero-order valence-corrected chi connectivity index (χ0v) is 10.1. The fourth-order valence-electron chi connectivity index (χ4n) is 1.56. The summed E-state index contributed by atoms with van der Waals surface area (Å²) in [5, 5.41) is 19.2. The van der Waals surface area contributed by atoms with Gasteiger partial charge in [0.05, 0.1) is 6.61 Å². The number of aromatic hydroxyl groups is 2. The van der Waals surface area contributed by atoms with E-state index in [-0.39, 0.29) is 11.5 Å². The summed E-state index contributed by atoms with van der Waals surface area (Å²) in [6, 6.07) is 9.33. The van der Waals surface area contributed by atoms with E-state index >= 15 is 0 Å². The van der Waals surface area contributed by atoms with Crippen LogP contribution in [0.3, 0.4) is 0 Å². The van der Waals surface area contributed by atoms with Crippen molar-refractivity contribution in [3.05, 3.63) is 36.5 Å². The van der Waals surface area contributed by atoms with Crippen molar-refractivity contribution in [2.45, 2.75) is 13.3 Å². The average molecular weight is 244 g/mol. The predicted molar refractivity (Wildman–Crippen MR) is 67.6 cm³/mol. The van der Waals surface area contributed by atoms with Gasteiger partial charge in [-0.05, 0) is 6.42 Å². The van der Waals surface area contributed by atoms with Crippen molar-refractivity contribution in [2.24, 2.45) is 0 Å². The Kier molecular flexibility index (Phi) is 3.67. The van der Waals surface area contributed by atoms with Gasteiger partial charge in [-0.2, -0.15) is 0 Å². The molecule has 0 spiro atoms. The standard InChI is InChI=1S/C14H14NO3/c1-2-8-18-14-12(10-6-4-3-5-7-10)15-9-11(16)13(14)17/h3-7,16H,2,8H2,1H3,(H,15,17). The summed E-state index contributed by atoms with van der Waals surface area (Å²) in [6.45, 7) is 2.40. The Morgan fingerprint density at radius 1 is 1.22 bits per heavy atom. The molecule has 4 nitrogen and oxygen atoms in total. The van der Waals surface area contributed by atoms with Crippen LogP contribution in [0.4, 0.5) is 0 Å². The number of rotatable bonds is 4. The molecule has 0 fully saturated rings. The topological polar surface area (TPSA) is 62.6 Å². The normalized spacial score (nSPS) is 10.3. The molecule has 0 amide bonds. The van der Waals surface area contributed by atoms with E-state index in [0.717, 1.165) is 12.0 Å². The number of pyridine rings is 1. The van der Waals surface area contributed by atoms with E-state index in [2.05, 4.69) is 11.2 Å². The molecule has 1 aromatic carbocycles. The van der Waals surface area contributed by atoms with Crippen LogP contribution in [-0.4, -0.2) is 21.8 Å². The Balaban J connectivity index is 2.50. The molecule has 0 aliphatic carbocycles. The summed E-state index contributed by atoms with van der Waals surface area (Å²) in [5.74, 6) is -0.530. The molecule has 93 valence electrons. The van der Waals surface area contributed by atoms with Gasteiger partial charge in [-0.25, -0.2) is 4.98 Å². The van der Waals surface area contributed by atoms with Crippen LogP contribution in [0.2, 0.25) is 0 Å². The molecule has 0 bridgehead atoms. The maximum atomic E-state index is 9.82. The summed E-state index contributed by atoms with van der Waals surface area (Å²) in [7, 11) is 0. The van der Waals surface area contributed by atoms with Gasteiger partial charge < -0.3 is 14.9 Å². The van der Waals surface area contributed by atoms with Gasteiger partial charge in [-0.3, -0.25) is 0 Å². The molecule has 0 atom stereocenters. The molecule has 0 aliphatic rings. The first kappa shape index (κ1) is 12.2. The van der Waals surface area contributed by atoms with Crippen LogP contribution < -0.4 is 4.74 Å². The van der Waals surface area contributed by atoms with Crippen LogP contribution in [0.15, 0.2) is 30.3 Å². The molecule has 2 N–H and O–H groups in total. The van der Waals surface area contributed by atoms with Gasteiger partial charge in [-0.1, -0.05) is 37.3 Å². The summed E-state index contributed by atoms with van der Waals surface area (Å²) in [4.78, 5) is 4.00. The van der Waals surface area contributed by atoms with Gasteiger partial charge in [0.1, 0.15) is 11.9 Å². The second-order valence-corrected chi connectivity index (χ2v) is 3.81. The molecule has 0 unspecified atom stereocenters. The lowest BCUT2D eigenvalue weighted by Crippen LogP contribution is -1.99. The molecular formula is C14H14NO3. The monoisotopic (exact) mass is 244 g/mol. The van der Waals surface area contributed by atoms with Crippen molar-refractivity contribution < 1.29 is 14.9 Å². The number of hydrogen-bond donors (Lipinski definition) is 2. The first-order chi connectivity index (χ1) is 8.74. The SMILES string of the molecule is CCCOc1c(-c2ccccc2)n[c]c(O)c1O. The van der Waals surface area contributed by atoms with E-state index in [4.69, 9.17) is 4.74 Å². The van der Waals surface area contributed by atoms with E-state index in [1.54, 1.807) is 0 Å². The zero-order chi connectivity index (χ0) is 13.0. The Labute approximate surface area is 106 Å². The highest BCUT2D eigenvalue weighted by atomic mass is 16.5. The number of aromatic nitrogens is 1. The lowest BCUT2D eigenvalue weighted by molar-refractivity contribution is 0.292. The fourth-order valence-corrected chi connectivity index (χ4v) is 1.56. The molecule has 2 aromatic rings. The molecule has 2 rings (SSSR count). The molecule has 1 aromatic heterocycles. The Morgan fingerprint density at radius 3 is 2.61 bits per heavy atom. The van der Waals surface area contributed by atoms with Crippen molar-refractivity contribution in [3.63, 3.8) is 0 Å². The second kappa shape index (κ2) is 5.40. The van der Waals surface area contributed by atoms with Gasteiger partial charge in [0, 0.05) is 5.56 Å². The summed E-state index contributed by atoms with van der Waals surface area (Å²) < 4.78 is 5.46. The third-order valence-corrected chi connectivity index (χ3v) is 2.43. The lowest BCUT2D eigenvalue weighted by atomic mass is 10.1. The van der Waals surface area contributed by atoms with Crippen LogP contribution in [0.1, 0.15) is 13.3 Å². The molecule has 0 saturated heterocycles. The highest BCUT2D eigenvalue weighted by molar-refractivity contribution is 5.71. The molecule has 0 saturated carbocycles. The van der Waals surface area contributed by atoms with Crippen molar-refractivity contribution in [3.8, 4) is 28.5 Å². The van der Waals surface area contributed by atoms with E-state index < -0.39 is 5.75 Å². The maximum Gasteiger partial charge on any atom is 0.205 e. The lowest BCUT2D eigenvalue weighted by Gasteiger charge is -2.12. The van der Waals surface area contributed by atoms with E-state index in [1.807, 2.05) is 37.3 Å². The minimum absolute atomic E-state index is 0.194. The molecule has 18 heavy (non-hydrogen) atoms. The Hall–Kier alpha value is -2.23. The molecular weight excluding hydrogens is 230 g/mol. The molecule has 1 heterocycles. The second-order valence-electron chi connectivity index (χ2n) is 3.81. The van der Waals surface area contributed by atoms with Gasteiger partial charge >= 0.3 is 0 Å². The minimum atomic E-state index is -0.402. The average Bonchev–Trinajstić information content (AvgIpc) is 2.41. The van der Waals surface area contributed by atoms with Crippen LogP contribution in [-0.2, 0) is 0 Å². The maximum absolute atomic E-state index is 9.82. The van der Waals surface area contributed by atoms with Crippen molar-refractivity contribution in [2.75, 3.05) is 6.61 Å². The van der Waals surface area contributed by atoms with Crippen LogP contribution in [0, 0.1) is 6.20 Å². The van der Waals surface area contributed by atoms with E-state index in [9.17, 15) is 10.2 Å². The van der Waals surface area contributed by atoms with Crippen LogP contribution in [0.5, 0.6) is 17.2 Å². The first-order valence-electron chi connectivity index (χ1n) is 5.76. The Bertz CT molecular complexity index is 526. The molecule has 1 radical (unpaired) electrons. The van der Waals surface area contributed by atoms with E-state index in [0.29, 0.717) is 12.3 Å². The van der Waals surface area contributed by atoms with Crippen LogP contribution >= 0.6 is 0 Å². The quantitative estimate of drug-likeness (QED) is 0.868. The summed E-state index contributed by atoms with van der Waals surface area (Å²) in [5.41, 5.74) is 1.27. The number of hydrogen-bond acceptors (Lipinski definition) is 4. The first-order valence-corrected chi connectivity index (χ1v) is 5.76. The Morgan fingerprint density at radius 2 is 1.94 bits per heavy atom.